The third kappa shape index (κ3) is 4.95. The summed E-state index contributed by atoms with van der Waals surface area (Å²) in [5, 5.41) is 2.60. The first-order valence-electron chi connectivity index (χ1n) is 8.98. The van der Waals surface area contributed by atoms with Crippen LogP contribution in [0.15, 0.2) is 65.2 Å². The second-order valence-electron chi connectivity index (χ2n) is 6.34. The van der Waals surface area contributed by atoms with Crippen molar-refractivity contribution in [2.24, 2.45) is 0 Å². The molecule has 1 N–H and O–H groups in total. The van der Waals surface area contributed by atoms with Gasteiger partial charge in [-0.05, 0) is 60.3 Å². The third-order valence-corrected chi connectivity index (χ3v) is 5.17. The maximum Gasteiger partial charge on any atom is 0.265 e. The molecular weight excluding hydrogens is 468 g/mol. The van der Waals surface area contributed by atoms with Crippen LogP contribution in [0, 0.1) is 0 Å². The summed E-state index contributed by atoms with van der Waals surface area (Å²) in [4.78, 5) is 26.3. The normalized spacial score (nSPS) is 15.2. The number of hydrogen-bond acceptors (Lipinski definition) is 5. The number of carbonyl (C=O) groups excluding carboxylic acids is 2. The predicted octanol–water partition coefficient (Wildman–Crippen LogP) is 3.85. The molecule has 30 heavy (non-hydrogen) atoms. The molecule has 1 fully saturated rings. The maximum atomic E-state index is 12.7. The molecule has 6 nitrogen and oxygen atoms in total. The lowest BCUT2D eigenvalue weighted by atomic mass is 10.0. The number of nitrogens with one attached hydrogen (secondary N) is 1. The average Bonchev–Trinajstić information content (AvgIpc) is 2.74. The molecule has 8 heteroatoms. The molecule has 0 saturated carbocycles. The minimum atomic E-state index is -0.534. The van der Waals surface area contributed by atoms with Gasteiger partial charge in [0.25, 0.3) is 11.8 Å². The largest absolute Gasteiger partial charge is 0.496 e. The number of ether oxygens (including phenoxy) is 2. The van der Waals surface area contributed by atoms with Crippen LogP contribution in [0.3, 0.4) is 0 Å². The molecule has 2 aromatic carbocycles. The van der Waals surface area contributed by atoms with Crippen molar-refractivity contribution in [3.05, 3.63) is 76.3 Å². The highest BCUT2D eigenvalue weighted by molar-refractivity contribution is 9.10. The molecule has 1 saturated heterocycles. The fourth-order valence-corrected chi connectivity index (χ4v) is 3.36. The molecule has 2 aromatic rings. The summed E-state index contributed by atoms with van der Waals surface area (Å²) in [6, 6.07) is 12.8. The zero-order chi connectivity index (χ0) is 21.7. The molecule has 1 heterocycles. The number of halogens is 1. The van der Waals surface area contributed by atoms with Crippen molar-refractivity contribution in [1.29, 1.82) is 0 Å². The minimum Gasteiger partial charge on any atom is -0.496 e. The number of nitrogens with zero attached hydrogens (tertiary/aromatic N) is 1. The molecule has 2 amide bonds. The number of amides is 2. The minimum absolute atomic E-state index is 0.00426. The van der Waals surface area contributed by atoms with E-state index in [2.05, 4.69) is 27.8 Å². The van der Waals surface area contributed by atoms with Crippen molar-refractivity contribution in [3.8, 4) is 11.5 Å². The Hall–Kier alpha value is -2.97. The zero-order valence-corrected chi connectivity index (χ0v) is 18.6. The Kier molecular flexibility index (Phi) is 7.02. The molecule has 0 bridgehead atoms. The first-order valence-corrected chi connectivity index (χ1v) is 10.2. The number of thiocarbonyl (C=S) groups is 1. The quantitative estimate of drug-likeness (QED) is 0.278. The lowest BCUT2D eigenvalue weighted by molar-refractivity contribution is -0.128. The van der Waals surface area contributed by atoms with Crippen molar-refractivity contribution in [2.45, 2.75) is 6.61 Å². The van der Waals surface area contributed by atoms with E-state index in [-0.39, 0.29) is 23.8 Å². The molecule has 0 aromatic heterocycles. The molecule has 0 unspecified atom stereocenters. The Morgan fingerprint density at radius 1 is 1.20 bits per heavy atom. The van der Waals surface area contributed by atoms with E-state index in [1.165, 1.54) is 11.0 Å². The van der Waals surface area contributed by atoms with E-state index in [1.54, 1.807) is 25.3 Å². The van der Waals surface area contributed by atoms with Crippen molar-refractivity contribution >= 4 is 51.2 Å². The highest BCUT2D eigenvalue weighted by atomic mass is 79.9. The first-order chi connectivity index (χ1) is 14.4. The van der Waals surface area contributed by atoms with Crippen LogP contribution >= 0.6 is 28.1 Å². The Morgan fingerprint density at radius 3 is 2.60 bits per heavy atom. The predicted molar refractivity (Wildman–Crippen MR) is 122 cm³/mol. The molecule has 1 aliphatic heterocycles. The fourth-order valence-electron chi connectivity index (χ4n) is 2.85. The van der Waals surface area contributed by atoms with E-state index in [0.717, 1.165) is 10.0 Å². The molecule has 0 aliphatic carbocycles. The van der Waals surface area contributed by atoms with Gasteiger partial charge in [0.05, 0.1) is 7.11 Å². The van der Waals surface area contributed by atoms with Crippen LogP contribution < -0.4 is 14.8 Å². The average molecular weight is 487 g/mol. The molecule has 0 radical (unpaired) electrons. The van der Waals surface area contributed by atoms with Gasteiger partial charge in [-0.1, -0.05) is 28.1 Å². The van der Waals surface area contributed by atoms with Gasteiger partial charge in [0, 0.05) is 16.6 Å². The van der Waals surface area contributed by atoms with E-state index in [9.17, 15) is 9.59 Å². The summed E-state index contributed by atoms with van der Waals surface area (Å²) in [5.41, 5.74) is 1.43. The lowest BCUT2D eigenvalue weighted by Crippen LogP contribution is -2.53. The Bertz CT molecular complexity index is 1030. The van der Waals surface area contributed by atoms with Gasteiger partial charge in [0.15, 0.2) is 5.11 Å². The monoisotopic (exact) mass is 486 g/mol. The van der Waals surface area contributed by atoms with Crippen LogP contribution in [-0.2, 0) is 16.2 Å². The van der Waals surface area contributed by atoms with E-state index in [4.69, 9.17) is 21.7 Å². The van der Waals surface area contributed by atoms with Crippen LogP contribution in [0.25, 0.3) is 6.08 Å². The second-order valence-corrected chi connectivity index (χ2v) is 7.64. The van der Waals surface area contributed by atoms with Gasteiger partial charge in [-0.25, -0.2) is 0 Å². The van der Waals surface area contributed by atoms with E-state index in [1.807, 2.05) is 30.3 Å². The van der Waals surface area contributed by atoms with Crippen LogP contribution in [0.4, 0.5) is 0 Å². The van der Waals surface area contributed by atoms with Crippen molar-refractivity contribution in [2.75, 3.05) is 13.7 Å². The molecule has 3 rings (SSSR count). The van der Waals surface area contributed by atoms with Crippen LogP contribution in [-0.4, -0.2) is 35.5 Å². The van der Waals surface area contributed by atoms with Crippen molar-refractivity contribution in [3.63, 3.8) is 0 Å². The number of rotatable bonds is 7. The molecule has 1 aliphatic rings. The van der Waals surface area contributed by atoms with Gasteiger partial charge in [0.2, 0.25) is 0 Å². The molecular formula is C22H19BrN2O4S. The van der Waals surface area contributed by atoms with Crippen molar-refractivity contribution < 1.29 is 19.1 Å². The maximum absolute atomic E-state index is 12.7. The van der Waals surface area contributed by atoms with Gasteiger partial charge in [-0.2, -0.15) is 0 Å². The van der Waals surface area contributed by atoms with Gasteiger partial charge in [-0.3, -0.25) is 19.8 Å². The Labute approximate surface area is 188 Å². The van der Waals surface area contributed by atoms with Gasteiger partial charge >= 0.3 is 0 Å². The second kappa shape index (κ2) is 9.69. The summed E-state index contributed by atoms with van der Waals surface area (Å²) in [6.45, 7) is 4.09. The van der Waals surface area contributed by atoms with Gasteiger partial charge in [-0.15, -0.1) is 6.58 Å². The van der Waals surface area contributed by atoms with Crippen LogP contribution in [0.5, 0.6) is 11.5 Å². The van der Waals surface area contributed by atoms with E-state index in [0.29, 0.717) is 17.1 Å². The number of benzene rings is 2. The van der Waals surface area contributed by atoms with Crippen LogP contribution in [0.1, 0.15) is 11.1 Å². The van der Waals surface area contributed by atoms with Gasteiger partial charge < -0.3 is 9.47 Å². The summed E-state index contributed by atoms with van der Waals surface area (Å²) < 4.78 is 12.2. The fraction of sp³-hybridized carbons (Fsp3) is 0.136. The van der Waals surface area contributed by atoms with E-state index < -0.39 is 11.8 Å². The molecule has 154 valence electrons. The first kappa shape index (κ1) is 21.7. The summed E-state index contributed by atoms with van der Waals surface area (Å²) in [7, 11) is 1.57. The highest BCUT2D eigenvalue weighted by Crippen LogP contribution is 2.25. The number of hydrogen-bond donors (Lipinski definition) is 1. The standard InChI is InChI=1S/C22H19BrN2O4S/c1-3-10-25-21(27)18(20(26)24-22(25)30)12-14-4-9-19(28-2)15(11-14)13-29-17-7-5-16(23)6-8-17/h3-9,11-12H,1,10,13H2,2H3,(H,24,26,30)/b18-12+. The number of methoxy groups -OCH3 is 1. The summed E-state index contributed by atoms with van der Waals surface area (Å²) in [6.07, 6.45) is 3.07. The number of carbonyl (C=O) groups is 2. The highest BCUT2D eigenvalue weighted by Gasteiger charge is 2.32. The topological polar surface area (TPSA) is 67.9 Å². The van der Waals surface area contributed by atoms with Gasteiger partial charge in [0.1, 0.15) is 23.7 Å². The molecule has 0 atom stereocenters. The summed E-state index contributed by atoms with van der Waals surface area (Å²) >= 11 is 8.46. The Balaban J connectivity index is 1.86. The van der Waals surface area contributed by atoms with Crippen molar-refractivity contribution in [1.82, 2.24) is 10.2 Å². The zero-order valence-electron chi connectivity index (χ0n) is 16.2. The Morgan fingerprint density at radius 2 is 1.93 bits per heavy atom. The smallest absolute Gasteiger partial charge is 0.265 e. The summed E-state index contributed by atoms with van der Waals surface area (Å²) in [5.74, 6) is 0.350. The third-order valence-electron chi connectivity index (χ3n) is 4.32. The molecule has 0 spiro atoms. The lowest BCUT2D eigenvalue weighted by Gasteiger charge is -2.27. The van der Waals surface area contributed by atoms with Crippen LogP contribution in [0.2, 0.25) is 0 Å². The van der Waals surface area contributed by atoms with E-state index >= 15 is 0 Å². The SMILES string of the molecule is C=CCN1C(=O)/C(=C/c2ccc(OC)c(COc3ccc(Br)cc3)c2)C(=O)NC1=S.